The molecule has 13 heavy (non-hydrogen) atoms. The summed E-state index contributed by atoms with van der Waals surface area (Å²) in [4.78, 5) is 0. The van der Waals surface area contributed by atoms with Crippen LogP contribution in [0.5, 0.6) is 0 Å². The topological polar surface area (TPSA) is 26.0 Å². The summed E-state index contributed by atoms with van der Waals surface area (Å²) in [5, 5.41) is 0. The third-order valence-electron chi connectivity index (χ3n) is 2.02. The summed E-state index contributed by atoms with van der Waals surface area (Å²) in [6.45, 7) is 8.80. The minimum Gasteiger partial charge on any atom is -0.399 e. The molecule has 1 heteroatoms. The van der Waals surface area contributed by atoms with Crippen LogP contribution in [0.2, 0.25) is 0 Å². The van der Waals surface area contributed by atoms with Gasteiger partial charge in [0.05, 0.1) is 0 Å². The number of rotatable bonds is 1. The van der Waals surface area contributed by atoms with E-state index in [1.165, 1.54) is 11.1 Å². The van der Waals surface area contributed by atoms with Gasteiger partial charge in [-0.25, -0.2) is 0 Å². The Bertz CT molecular complexity index is 294. The molecule has 0 fully saturated rings. The maximum absolute atomic E-state index is 5.90. The first-order chi connectivity index (χ1) is 5.88. The molecule has 0 aromatic heterocycles. The highest BCUT2D eigenvalue weighted by Gasteiger charge is 2.12. The largest absolute Gasteiger partial charge is 0.399 e. The third kappa shape index (κ3) is 3.10. The van der Waals surface area contributed by atoms with Gasteiger partial charge in [-0.2, -0.15) is 0 Å². The van der Waals surface area contributed by atoms with Crippen molar-refractivity contribution < 1.29 is 0 Å². The van der Waals surface area contributed by atoms with Crippen LogP contribution in [0.3, 0.4) is 0 Å². The van der Waals surface area contributed by atoms with Crippen molar-refractivity contribution in [1.29, 1.82) is 0 Å². The molecule has 0 radical (unpaired) electrons. The monoisotopic (exact) mass is 177 g/mol. The molecule has 0 spiro atoms. The average Bonchev–Trinajstić information content (AvgIpc) is 1.94. The molecule has 0 saturated carbocycles. The Hall–Kier alpha value is -0.980. The van der Waals surface area contributed by atoms with Crippen LogP contribution in [0.1, 0.15) is 31.9 Å². The SMILES string of the molecule is Cc1ccc(N)c(CC(C)(C)C)c1. The van der Waals surface area contributed by atoms with Gasteiger partial charge in [-0.15, -0.1) is 0 Å². The van der Waals surface area contributed by atoms with Crippen molar-refractivity contribution >= 4 is 5.69 Å². The second kappa shape index (κ2) is 3.41. The molecule has 0 atom stereocenters. The summed E-state index contributed by atoms with van der Waals surface area (Å²) in [5.41, 5.74) is 9.68. The van der Waals surface area contributed by atoms with Crippen LogP contribution in [0, 0.1) is 12.3 Å². The van der Waals surface area contributed by atoms with Crippen molar-refractivity contribution in [2.45, 2.75) is 34.1 Å². The minimum atomic E-state index is 0.307. The zero-order chi connectivity index (χ0) is 10.1. The van der Waals surface area contributed by atoms with Gasteiger partial charge in [0.2, 0.25) is 0 Å². The Morgan fingerprint density at radius 1 is 1.23 bits per heavy atom. The maximum Gasteiger partial charge on any atom is 0.0346 e. The van der Waals surface area contributed by atoms with Gasteiger partial charge in [0, 0.05) is 5.69 Å². The molecule has 0 heterocycles. The summed E-state index contributed by atoms with van der Waals surface area (Å²) >= 11 is 0. The lowest BCUT2D eigenvalue weighted by atomic mass is 9.87. The molecule has 0 aliphatic heterocycles. The van der Waals surface area contributed by atoms with Gasteiger partial charge in [-0.1, -0.05) is 38.5 Å². The van der Waals surface area contributed by atoms with Crippen LogP contribution in [0.15, 0.2) is 18.2 Å². The number of nitrogens with two attached hydrogens (primary N) is 1. The number of hydrogen-bond donors (Lipinski definition) is 1. The molecular weight excluding hydrogens is 158 g/mol. The molecule has 0 unspecified atom stereocenters. The summed E-state index contributed by atoms with van der Waals surface area (Å²) < 4.78 is 0. The zero-order valence-electron chi connectivity index (χ0n) is 9.02. The Morgan fingerprint density at radius 3 is 2.38 bits per heavy atom. The van der Waals surface area contributed by atoms with Crippen LogP contribution < -0.4 is 5.73 Å². The number of nitrogen functional groups attached to an aromatic ring is 1. The highest BCUT2D eigenvalue weighted by atomic mass is 14.6. The van der Waals surface area contributed by atoms with Crippen molar-refractivity contribution in [3.8, 4) is 0 Å². The quantitative estimate of drug-likeness (QED) is 0.655. The van der Waals surface area contributed by atoms with Gasteiger partial charge in [-0.05, 0) is 30.4 Å². The zero-order valence-corrected chi connectivity index (χ0v) is 9.02. The van der Waals surface area contributed by atoms with Crippen LogP contribution in [-0.4, -0.2) is 0 Å². The van der Waals surface area contributed by atoms with E-state index in [-0.39, 0.29) is 0 Å². The number of benzene rings is 1. The normalized spacial score (nSPS) is 11.7. The molecular formula is C12H19N. The van der Waals surface area contributed by atoms with Gasteiger partial charge in [-0.3, -0.25) is 0 Å². The van der Waals surface area contributed by atoms with Crippen molar-refractivity contribution in [1.82, 2.24) is 0 Å². The van der Waals surface area contributed by atoms with Crippen LogP contribution in [0.25, 0.3) is 0 Å². The Labute approximate surface area is 81.0 Å². The molecule has 1 aromatic carbocycles. The summed E-state index contributed by atoms with van der Waals surface area (Å²) in [6, 6.07) is 6.23. The molecule has 1 rings (SSSR count). The van der Waals surface area contributed by atoms with E-state index in [1.807, 2.05) is 6.07 Å². The van der Waals surface area contributed by atoms with E-state index in [4.69, 9.17) is 5.73 Å². The summed E-state index contributed by atoms with van der Waals surface area (Å²) in [7, 11) is 0. The van der Waals surface area contributed by atoms with Gasteiger partial charge >= 0.3 is 0 Å². The van der Waals surface area contributed by atoms with Crippen molar-refractivity contribution in [2.24, 2.45) is 5.41 Å². The lowest BCUT2D eigenvalue weighted by Gasteiger charge is -2.19. The predicted octanol–water partition coefficient (Wildman–Crippen LogP) is 3.17. The fourth-order valence-corrected chi connectivity index (χ4v) is 1.46. The minimum absolute atomic E-state index is 0.307. The standard InChI is InChI=1S/C12H19N/c1-9-5-6-11(13)10(7-9)8-12(2,3)4/h5-7H,8,13H2,1-4H3. The fraction of sp³-hybridized carbons (Fsp3) is 0.500. The third-order valence-corrected chi connectivity index (χ3v) is 2.02. The number of anilines is 1. The first-order valence-corrected chi connectivity index (χ1v) is 4.73. The molecule has 0 aliphatic carbocycles. The van der Waals surface area contributed by atoms with Gasteiger partial charge in [0.15, 0.2) is 0 Å². The number of hydrogen-bond acceptors (Lipinski definition) is 1. The molecule has 0 bridgehead atoms. The molecule has 0 amide bonds. The Morgan fingerprint density at radius 2 is 1.85 bits per heavy atom. The molecule has 1 nitrogen and oxygen atoms in total. The Balaban J connectivity index is 2.94. The van der Waals surface area contributed by atoms with Gasteiger partial charge in [0.25, 0.3) is 0 Å². The van der Waals surface area contributed by atoms with E-state index < -0.39 is 0 Å². The summed E-state index contributed by atoms with van der Waals surface area (Å²) in [6.07, 6.45) is 1.04. The van der Waals surface area contributed by atoms with Gasteiger partial charge < -0.3 is 5.73 Å². The molecule has 72 valence electrons. The molecule has 1 aromatic rings. The molecule has 0 saturated heterocycles. The van der Waals surface area contributed by atoms with Crippen molar-refractivity contribution in [3.63, 3.8) is 0 Å². The summed E-state index contributed by atoms with van der Waals surface area (Å²) in [5.74, 6) is 0. The second-order valence-corrected chi connectivity index (χ2v) is 4.94. The average molecular weight is 177 g/mol. The van der Waals surface area contributed by atoms with Crippen LogP contribution in [0.4, 0.5) is 5.69 Å². The van der Waals surface area contributed by atoms with E-state index in [9.17, 15) is 0 Å². The highest BCUT2D eigenvalue weighted by Crippen LogP contribution is 2.24. The smallest absolute Gasteiger partial charge is 0.0346 e. The van der Waals surface area contributed by atoms with Gasteiger partial charge in [0.1, 0.15) is 0 Å². The first-order valence-electron chi connectivity index (χ1n) is 4.73. The van der Waals surface area contributed by atoms with Crippen LogP contribution >= 0.6 is 0 Å². The van der Waals surface area contributed by atoms with Crippen molar-refractivity contribution in [3.05, 3.63) is 29.3 Å². The predicted molar refractivity (Wildman–Crippen MR) is 58.8 cm³/mol. The molecule has 2 N–H and O–H groups in total. The van der Waals surface area contributed by atoms with E-state index in [2.05, 4.69) is 39.8 Å². The van der Waals surface area contributed by atoms with Crippen molar-refractivity contribution in [2.75, 3.05) is 5.73 Å². The number of aryl methyl sites for hydroxylation is 1. The van der Waals surface area contributed by atoms with E-state index in [0.717, 1.165) is 12.1 Å². The lowest BCUT2D eigenvalue weighted by molar-refractivity contribution is 0.412. The first kappa shape index (κ1) is 10.1. The second-order valence-electron chi connectivity index (χ2n) is 4.94. The highest BCUT2D eigenvalue weighted by molar-refractivity contribution is 5.48. The molecule has 0 aliphatic rings. The van der Waals surface area contributed by atoms with E-state index >= 15 is 0 Å². The van der Waals surface area contributed by atoms with E-state index in [1.54, 1.807) is 0 Å². The van der Waals surface area contributed by atoms with E-state index in [0.29, 0.717) is 5.41 Å². The Kier molecular flexibility index (Phi) is 2.65. The van der Waals surface area contributed by atoms with Crippen LogP contribution in [-0.2, 0) is 6.42 Å². The maximum atomic E-state index is 5.90. The lowest BCUT2D eigenvalue weighted by Crippen LogP contribution is -2.10. The fourth-order valence-electron chi connectivity index (χ4n) is 1.46.